The molecule has 4 rings (SSSR count). The van der Waals surface area contributed by atoms with Gasteiger partial charge in [0.05, 0.1) is 0 Å². The van der Waals surface area contributed by atoms with Crippen molar-refractivity contribution < 1.29 is 0 Å². The summed E-state index contributed by atoms with van der Waals surface area (Å²) in [5, 5.41) is 14.3. The third-order valence-electron chi connectivity index (χ3n) is 4.05. The number of aromatic nitrogens is 3. The zero-order valence-electron chi connectivity index (χ0n) is 13.0. The third kappa shape index (κ3) is 2.53. The van der Waals surface area contributed by atoms with Crippen molar-refractivity contribution in [2.75, 3.05) is 5.75 Å². The van der Waals surface area contributed by atoms with Crippen molar-refractivity contribution in [3.05, 3.63) is 48.5 Å². The van der Waals surface area contributed by atoms with Crippen LogP contribution in [-0.4, -0.2) is 20.9 Å². The Morgan fingerprint density at radius 1 is 0.783 bits per heavy atom. The lowest BCUT2D eigenvalue weighted by Gasteiger charge is -2.09. The molecule has 0 aliphatic rings. The van der Waals surface area contributed by atoms with Crippen LogP contribution in [0.15, 0.2) is 53.7 Å². The number of hydrogen-bond donors (Lipinski definition) is 0. The van der Waals surface area contributed by atoms with Gasteiger partial charge in [-0.1, -0.05) is 73.6 Å². The van der Waals surface area contributed by atoms with E-state index in [9.17, 15) is 0 Å². The zero-order valence-corrected chi connectivity index (χ0v) is 13.8. The second-order valence-corrected chi connectivity index (χ2v) is 6.65. The molecular formula is C19H17N3S. The van der Waals surface area contributed by atoms with Gasteiger partial charge in [0.1, 0.15) is 11.0 Å². The maximum atomic E-state index is 4.81. The van der Waals surface area contributed by atoms with Crippen LogP contribution in [-0.2, 0) is 0 Å². The van der Waals surface area contributed by atoms with Crippen molar-refractivity contribution in [2.45, 2.75) is 24.9 Å². The molecule has 0 unspecified atom stereocenters. The number of hydrogen-bond acceptors (Lipinski definition) is 4. The van der Waals surface area contributed by atoms with E-state index in [0.717, 1.165) is 32.7 Å². The molecule has 1 heterocycles. The first-order valence-electron chi connectivity index (χ1n) is 7.95. The van der Waals surface area contributed by atoms with E-state index in [4.69, 9.17) is 4.98 Å². The Kier molecular flexibility index (Phi) is 3.83. The molecule has 0 saturated carbocycles. The summed E-state index contributed by atoms with van der Waals surface area (Å²) in [7, 11) is 0. The largest absolute Gasteiger partial charge is 0.219 e. The fourth-order valence-electron chi connectivity index (χ4n) is 2.90. The average molecular weight is 319 g/mol. The summed E-state index contributed by atoms with van der Waals surface area (Å²) < 4.78 is 0. The maximum Gasteiger partial charge on any atom is 0.209 e. The molecule has 0 atom stereocenters. The predicted octanol–water partition coefficient (Wildman–Crippen LogP) is 5.22. The molecule has 0 aliphatic carbocycles. The summed E-state index contributed by atoms with van der Waals surface area (Å²) in [5.41, 5.74) is 1.84. The summed E-state index contributed by atoms with van der Waals surface area (Å²) in [6.07, 6.45) is 2.35. The molecule has 0 amide bonds. The summed E-state index contributed by atoms with van der Waals surface area (Å²) in [4.78, 5) is 4.81. The number of fused-ring (bicyclic) bond motifs is 6. The van der Waals surface area contributed by atoms with E-state index >= 15 is 0 Å². The van der Waals surface area contributed by atoms with Gasteiger partial charge in [0.25, 0.3) is 0 Å². The van der Waals surface area contributed by atoms with E-state index in [-0.39, 0.29) is 0 Å². The van der Waals surface area contributed by atoms with Crippen LogP contribution in [0.1, 0.15) is 19.8 Å². The first kappa shape index (κ1) is 14.4. The van der Waals surface area contributed by atoms with Gasteiger partial charge in [0.15, 0.2) is 0 Å². The number of unbranched alkanes of at least 4 members (excludes halogenated alkanes) is 1. The molecule has 3 aromatic carbocycles. The van der Waals surface area contributed by atoms with Crippen LogP contribution in [0.5, 0.6) is 0 Å². The molecule has 4 heteroatoms. The molecule has 0 saturated heterocycles. The fourth-order valence-corrected chi connectivity index (χ4v) is 3.77. The van der Waals surface area contributed by atoms with Crippen molar-refractivity contribution >= 4 is 44.3 Å². The van der Waals surface area contributed by atoms with Gasteiger partial charge in [-0.2, -0.15) is 0 Å². The van der Waals surface area contributed by atoms with Crippen molar-refractivity contribution in [1.82, 2.24) is 15.2 Å². The molecule has 0 aliphatic heterocycles. The molecule has 0 bridgehead atoms. The highest BCUT2D eigenvalue weighted by molar-refractivity contribution is 7.99. The number of thioether (sulfide) groups is 1. The van der Waals surface area contributed by atoms with Crippen LogP contribution in [0.4, 0.5) is 0 Å². The summed E-state index contributed by atoms with van der Waals surface area (Å²) >= 11 is 1.69. The van der Waals surface area contributed by atoms with E-state index in [2.05, 4.69) is 59.6 Å². The summed E-state index contributed by atoms with van der Waals surface area (Å²) in [6, 6.07) is 16.8. The van der Waals surface area contributed by atoms with Gasteiger partial charge >= 0.3 is 0 Å². The molecule has 0 N–H and O–H groups in total. The van der Waals surface area contributed by atoms with Crippen LogP contribution in [0, 0.1) is 0 Å². The zero-order chi connectivity index (χ0) is 15.6. The normalized spacial score (nSPS) is 11.5. The van der Waals surface area contributed by atoms with Crippen LogP contribution >= 0.6 is 11.8 Å². The van der Waals surface area contributed by atoms with Crippen LogP contribution in [0.3, 0.4) is 0 Å². The first-order chi connectivity index (χ1) is 11.4. The van der Waals surface area contributed by atoms with E-state index in [1.807, 2.05) is 6.07 Å². The molecule has 23 heavy (non-hydrogen) atoms. The highest BCUT2D eigenvalue weighted by Crippen LogP contribution is 2.33. The Morgan fingerprint density at radius 2 is 1.39 bits per heavy atom. The van der Waals surface area contributed by atoms with E-state index in [1.165, 1.54) is 23.6 Å². The van der Waals surface area contributed by atoms with Crippen molar-refractivity contribution in [2.24, 2.45) is 0 Å². The maximum absolute atomic E-state index is 4.81. The van der Waals surface area contributed by atoms with E-state index in [0.29, 0.717) is 0 Å². The SMILES string of the molecule is CCCCSc1nnc2c3ccccc3c3ccccc3c2n1. The highest BCUT2D eigenvalue weighted by atomic mass is 32.2. The van der Waals surface area contributed by atoms with Crippen LogP contribution in [0.2, 0.25) is 0 Å². The lowest BCUT2D eigenvalue weighted by atomic mass is 10.00. The monoisotopic (exact) mass is 319 g/mol. The minimum absolute atomic E-state index is 0.770. The fraction of sp³-hybridized carbons (Fsp3) is 0.211. The van der Waals surface area contributed by atoms with Crippen molar-refractivity contribution in [3.8, 4) is 0 Å². The van der Waals surface area contributed by atoms with Crippen LogP contribution < -0.4 is 0 Å². The van der Waals surface area contributed by atoms with Crippen LogP contribution in [0.25, 0.3) is 32.6 Å². The first-order valence-corrected chi connectivity index (χ1v) is 8.93. The number of nitrogens with zero attached hydrogens (tertiary/aromatic N) is 3. The molecule has 0 spiro atoms. The lowest BCUT2D eigenvalue weighted by Crippen LogP contribution is -1.95. The molecule has 3 nitrogen and oxygen atoms in total. The number of rotatable bonds is 4. The van der Waals surface area contributed by atoms with E-state index in [1.54, 1.807) is 11.8 Å². The van der Waals surface area contributed by atoms with Gasteiger partial charge in [-0.25, -0.2) is 4.98 Å². The smallest absolute Gasteiger partial charge is 0.209 e. The minimum atomic E-state index is 0.770. The second kappa shape index (κ2) is 6.13. The Balaban J connectivity index is 2.01. The van der Waals surface area contributed by atoms with Gasteiger partial charge in [0, 0.05) is 16.5 Å². The van der Waals surface area contributed by atoms with Crippen molar-refractivity contribution in [1.29, 1.82) is 0 Å². The van der Waals surface area contributed by atoms with Crippen molar-refractivity contribution in [3.63, 3.8) is 0 Å². The molecular weight excluding hydrogens is 302 g/mol. The van der Waals surface area contributed by atoms with Gasteiger partial charge in [0.2, 0.25) is 5.16 Å². The topological polar surface area (TPSA) is 38.7 Å². The average Bonchev–Trinajstić information content (AvgIpc) is 2.62. The molecule has 114 valence electrons. The standard InChI is InChI=1S/C19H17N3S/c1-2-3-12-23-19-20-17-15-10-6-4-8-13(15)14-9-5-7-11-16(14)18(17)21-22-19/h4-11H,2-3,12H2,1H3. The Labute approximate surface area is 139 Å². The molecule has 0 radical (unpaired) electrons. The Morgan fingerprint density at radius 3 is 2.04 bits per heavy atom. The lowest BCUT2D eigenvalue weighted by molar-refractivity contribution is 0.866. The van der Waals surface area contributed by atoms with Gasteiger partial charge in [-0.3, -0.25) is 0 Å². The molecule has 0 fully saturated rings. The molecule has 1 aromatic heterocycles. The number of benzene rings is 3. The molecule has 4 aromatic rings. The quantitative estimate of drug-likeness (QED) is 0.293. The van der Waals surface area contributed by atoms with Gasteiger partial charge in [-0.15, -0.1) is 10.2 Å². The van der Waals surface area contributed by atoms with Gasteiger partial charge in [-0.05, 0) is 17.2 Å². The summed E-state index contributed by atoms with van der Waals surface area (Å²) in [6.45, 7) is 2.19. The summed E-state index contributed by atoms with van der Waals surface area (Å²) in [5.74, 6) is 1.04. The Hall–Kier alpha value is -2.20. The minimum Gasteiger partial charge on any atom is -0.219 e. The third-order valence-corrected chi connectivity index (χ3v) is 4.97. The predicted molar refractivity (Wildman–Crippen MR) is 98.0 cm³/mol. The van der Waals surface area contributed by atoms with Gasteiger partial charge < -0.3 is 0 Å². The second-order valence-electron chi connectivity index (χ2n) is 5.58. The van der Waals surface area contributed by atoms with E-state index < -0.39 is 0 Å². The Bertz CT molecular complexity index is 962. The highest BCUT2D eigenvalue weighted by Gasteiger charge is 2.11.